The van der Waals surface area contributed by atoms with Crippen LogP contribution < -0.4 is 0 Å². The topological polar surface area (TPSA) is 37.3 Å². The van der Waals surface area contributed by atoms with Gasteiger partial charge in [-0.3, -0.25) is 0 Å². The van der Waals surface area contributed by atoms with Crippen LogP contribution in [0.1, 0.15) is 5.56 Å². The van der Waals surface area contributed by atoms with Crippen molar-refractivity contribution >= 4 is 38.3 Å². The standard InChI is InChI=1S/C22H16O2/c23-22(24)11-5-8-17-13-18-12-15-6-1-2-7-16(15)14-21(18)20-10-4-3-9-19(17)20/h1-7,9-14H,8H2,(H,23,24)/b11-5+. The third-order valence-electron chi connectivity index (χ3n) is 4.41. The summed E-state index contributed by atoms with van der Waals surface area (Å²) in [7, 11) is 0. The van der Waals surface area contributed by atoms with Crippen LogP contribution in [0.3, 0.4) is 0 Å². The van der Waals surface area contributed by atoms with Crippen molar-refractivity contribution in [3.63, 3.8) is 0 Å². The fourth-order valence-electron chi connectivity index (χ4n) is 3.33. The maximum atomic E-state index is 10.7. The predicted molar refractivity (Wildman–Crippen MR) is 99.4 cm³/mol. The minimum Gasteiger partial charge on any atom is -0.478 e. The lowest BCUT2D eigenvalue weighted by Crippen LogP contribution is -1.90. The summed E-state index contributed by atoms with van der Waals surface area (Å²) in [6.45, 7) is 0. The first-order valence-electron chi connectivity index (χ1n) is 7.95. The molecule has 0 aliphatic carbocycles. The highest BCUT2D eigenvalue weighted by atomic mass is 16.4. The smallest absolute Gasteiger partial charge is 0.327 e. The van der Waals surface area contributed by atoms with Crippen LogP contribution in [-0.2, 0) is 11.2 Å². The molecule has 0 amide bonds. The highest BCUT2D eigenvalue weighted by Crippen LogP contribution is 2.32. The van der Waals surface area contributed by atoms with E-state index in [1.165, 1.54) is 38.4 Å². The van der Waals surface area contributed by atoms with Crippen LogP contribution in [0.5, 0.6) is 0 Å². The van der Waals surface area contributed by atoms with Crippen LogP contribution >= 0.6 is 0 Å². The summed E-state index contributed by atoms with van der Waals surface area (Å²) in [6.07, 6.45) is 3.52. The van der Waals surface area contributed by atoms with Crippen LogP contribution in [0, 0.1) is 0 Å². The van der Waals surface area contributed by atoms with Gasteiger partial charge in [-0.15, -0.1) is 0 Å². The van der Waals surface area contributed by atoms with Crippen LogP contribution in [-0.4, -0.2) is 11.1 Å². The fraction of sp³-hybridized carbons (Fsp3) is 0.0455. The Morgan fingerprint density at radius 3 is 2.21 bits per heavy atom. The summed E-state index contributed by atoms with van der Waals surface area (Å²) in [5.74, 6) is -0.911. The Kier molecular flexibility index (Phi) is 3.51. The van der Waals surface area contributed by atoms with E-state index in [0.29, 0.717) is 6.42 Å². The van der Waals surface area contributed by atoms with Gasteiger partial charge in [-0.1, -0.05) is 60.7 Å². The van der Waals surface area contributed by atoms with Gasteiger partial charge >= 0.3 is 5.97 Å². The van der Waals surface area contributed by atoms with Crippen molar-refractivity contribution in [1.29, 1.82) is 0 Å². The van der Waals surface area contributed by atoms with Crippen molar-refractivity contribution < 1.29 is 9.90 Å². The molecule has 0 spiro atoms. The molecule has 0 saturated carbocycles. The number of benzene rings is 4. The lowest BCUT2D eigenvalue weighted by molar-refractivity contribution is -0.131. The first-order chi connectivity index (χ1) is 11.7. The Morgan fingerprint density at radius 1 is 0.792 bits per heavy atom. The molecule has 2 nitrogen and oxygen atoms in total. The molecule has 4 aromatic rings. The molecule has 0 fully saturated rings. The number of fused-ring (bicyclic) bond motifs is 4. The molecule has 4 aromatic carbocycles. The van der Waals surface area contributed by atoms with E-state index in [4.69, 9.17) is 5.11 Å². The summed E-state index contributed by atoms with van der Waals surface area (Å²) in [5, 5.41) is 16.1. The Balaban J connectivity index is 2.01. The van der Waals surface area contributed by atoms with E-state index < -0.39 is 5.97 Å². The maximum Gasteiger partial charge on any atom is 0.327 e. The molecule has 2 heteroatoms. The number of carboxylic acids is 1. The number of hydrogen-bond acceptors (Lipinski definition) is 1. The first-order valence-corrected chi connectivity index (χ1v) is 7.95. The van der Waals surface area contributed by atoms with E-state index in [1.54, 1.807) is 6.08 Å². The molecule has 1 N–H and O–H groups in total. The molecule has 0 heterocycles. The number of aliphatic carboxylic acids is 1. The zero-order valence-corrected chi connectivity index (χ0v) is 13.1. The average molecular weight is 312 g/mol. The van der Waals surface area contributed by atoms with Gasteiger partial charge in [-0.25, -0.2) is 4.79 Å². The van der Waals surface area contributed by atoms with E-state index in [1.807, 2.05) is 18.2 Å². The molecule has 0 radical (unpaired) electrons. The highest BCUT2D eigenvalue weighted by molar-refractivity contribution is 6.13. The lowest BCUT2D eigenvalue weighted by Gasteiger charge is -2.10. The van der Waals surface area contributed by atoms with Crippen LogP contribution in [0.4, 0.5) is 0 Å². The average Bonchev–Trinajstić information content (AvgIpc) is 2.60. The third-order valence-corrected chi connectivity index (χ3v) is 4.41. The largest absolute Gasteiger partial charge is 0.478 e. The Labute approximate surface area is 139 Å². The van der Waals surface area contributed by atoms with E-state index in [-0.39, 0.29) is 0 Å². The van der Waals surface area contributed by atoms with E-state index in [2.05, 4.69) is 48.5 Å². The minimum absolute atomic E-state index is 0.607. The summed E-state index contributed by atoms with van der Waals surface area (Å²) in [6, 6.07) is 23.3. The molecule has 0 aliphatic rings. The number of carboxylic acid groups (broad SMARTS) is 1. The molecule has 0 unspecified atom stereocenters. The zero-order chi connectivity index (χ0) is 16.5. The molecule has 0 aliphatic heterocycles. The first kappa shape index (κ1) is 14.5. The molecule has 0 aromatic heterocycles. The van der Waals surface area contributed by atoms with Crippen molar-refractivity contribution in [2.45, 2.75) is 6.42 Å². The van der Waals surface area contributed by atoms with Gasteiger partial charge in [0.2, 0.25) is 0 Å². The maximum absolute atomic E-state index is 10.7. The van der Waals surface area contributed by atoms with Crippen molar-refractivity contribution in [3.05, 3.63) is 84.4 Å². The summed E-state index contributed by atoms with van der Waals surface area (Å²) in [5.41, 5.74) is 1.14. The summed E-state index contributed by atoms with van der Waals surface area (Å²) in [4.78, 5) is 10.7. The van der Waals surface area contributed by atoms with E-state index in [9.17, 15) is 4.79 Å². The molecular formula is C22H16O2. The van der Waals surface area contributed by atoms with Gasteiger partial charge in [-0.05, 0) is 56.4 Å². The zero-order valence-electron chi connectivity index (χ0n) is 13.1. The van der Waals surface area contributed by atoms with Crippen molar-refractivity contribution in [3.8, 4) is 0 Å². The third kappa shape index (κ3) is 2.52. The van der Waals surface area contributed by atoms with E-state index in [0.717, 1.165) is 5.56 Å². The SMILES string of the molecule is O=C(O)/C=C/Cc1cc2cc3ccccc3cc2c2ccccc12. The van der Waals surface area contributed by atoms with Gasteiger partial charge in [0.05, 0.1) is 0 Å². The summed E-state index contributed by atoms with van der Waals surface area (Å²) >= 11 is 0. The summed E-state index contributed by atoms with van der Waals surface area (Å²) < 4.78 is 0. The number of allylic oxidation sites excluding steroid dienone is 1. The quantitative estimate of drug-likeness (QED) is 0.315. The number of hydrogen-bond donors (Lipinski definition) is 1. The molecule has 0 saturated heterocycles. The molecular weight excluding hydrogens is 296 g/mol. The molecule has 0 bridgehead atoms. The van der Waals surface area contributed by atoms with Gasteiger partial charge in [0.15, 0.2) is 0 Å². The second-order valence-electron chi connectivity index (χ2n) is 5.95. The Bertz CT molecular complexity index is 1110. The molecule has 116 valence electrons. The van der Waals surface area contributed by atoms with Gasteiger partial charge in [0, 0.05) is 6.08 Å². The lowest BCUT2D eigenvalue weighted by atomic mass is 9.93. The van der Waals surface area contributed by atoms with Crippen LogP contribution in [0.25, 0.3) is 32.3 Å². The van der Waals surface area contributed by atoms with Crippen LogP contribution in [0.15, 0.2) is 78.9 Å². The highest BCUT2D eigenvalue weighted by Gasteiger charge is 2.07. The van der Waals surface area contributed by atoms with Gasteiger partial charge in [0.25, 0.3) is 0 Å². The van der Waals surface area contributed by atoms with Gasteiger partial charge in [0.1, 0.15) is 0 Å². The Morgan fingerprint density at radius 2 is 1.46 bits per heavy atom. The predicted octanol–water partition coefficient (Wildman–Crippen LogP) is 5.33. The number of rotatable bonds is 3. The van der Waals surface area contributed by atoms with Gasteiger partial charge in [-0.2, -0.15) is 0 Å². The monoisotopic (exact) mass is 312 g/mol. The minimum atomic E-state index is -0.911. The second-order valence-corrected chi connectivity index (χ2v) is 5.95. The van der Waals surface area contributed by atoms with Crippen molar-refractivity contribution in [1.82, 2.24) is 0 Å². The van der Waals surface area contributed by atoms with E-state index >= 15 is 0 Å². The molecule has 4 rings (SSSR count). The van der Waals surface area contributed by atoms with Crippen molar-refractivity contribution in [2.24, 2.45) is 0 Å². The normalized spacial score (nSPS) is 11.7. The van der Waals surface area contributed by atoms with Crippen molar-refractivity contribution in [2.75, 3.05) is 0 Å². The second kappa shape index (κ2) is 5.82. The fourth-order valence-corrected chi connectivity index (χ4v) is 3.33. The Hall–Kier alpha value is -3.13. The molecule has 24 heavy (non-hydrogen) atoms. The van der Waals surface area contributed by atoms with Gasteiger partial charge < -0.3 is 5.11 Å². The molecule has 0 atom stereocenters. The number of carbonyl (C=O) groups is 1. The van der Waals surface area contributed by atoms with Crippen LogP contribution in [0.2, 0.25) is 0 Å².